The molecule has 8 heteroatoms. The van der Waals surface area contributed by atoms with E-state index in [1.807, 2.05) is 6.92 Å². The van der Waals surface area contributed by atoms with E-state index < -0.39 is 29.3 Å². The average Bonchev–Trinajstić information content (AvgIpc) is 2.69. The molecule has 1 aliphatic rings. The standard InChI is InChI=1S/C14H19N3O5/c1-7-5-9(12(19)20)17-10(7)15-6-8(11(17)18)16-13(21)22-14(2,3)4/h6-7,9H,5H2,1-4H3,(H,16,21)(H,19,20)/t7-,9-/m0/s1. The number of hydrogen-bond acceptors (Lipinski definition) is 5. The Morgan fingerprint density at radius 3 is 2.64 bits per heavy atom. The number of carboxylic acid groups (broad SMARTS) is 1. The Balaban J connectivity index is 2.34. The van der Waals surface area contributed by atoms with E-state index in [-0.39, 0.29) is 11.6 Å². The molecule has 0 aliphatic carbocycles. The first-order valence-corrected chi connectivity index (χ1v) is 6.94. The maximum absolute atomic E-state index is 12.4. The van der Waals surface area contributed by atoms with Gasteiger partial charge in [-0.2, -0.15) is 0 Å². The molecule has 2 rings (SSSR count). The van der Waals surface area contributed by atoms with Crippen LogP contribution in [0.3, 0.4) is 0 Å². The van der Waals surface area contributed by atoms with Crippen LogP contribution in [-0.4, -0.2) is 32.3 Å². The minimum atomic E-state index is -1.09. The molecular weight excluding hydrogens is 290 g/mol. The van der Waals surface area contributed by atoms with E-state index >= 15 is 0 Å². The van der Waals surface area contributed by atoms with E-state index in [9.17, 15) is 19.5 Å². The number of carbonyl (C=O) groups is 2. The van der Waals surface area contributed by atoms with Crippen molar-refractivity contribution in [1.82, 2.24) is 9.55 Å². The van der Waals surface area contributed by atoms with Crippen LogP contribution in [-0.2, 0) is 9.53 Å². The predicted octanol–water partition coefficient (Wildman–Crippen LogP) is 1.72. The average molecular weight is 309 g/mol. The van der Waals surface area contributed by atoms with Gasteiger partial charge in [0.05, 0.1) is 6.20 Å². The molecule has 2 N–H and O–H groups in total. The minimum Gasteiger partial charge on any atom is -0.480 e. The van der Waals surface area contributed by atoms with Crippen LogP contribution in [0.1, 0.15) is 51.9 Å². The number of ether oxygens (including phenoxy) is 1. The molecule has 0 spiro atoms. The number of hydrogen-bond donors (Lipinski definition) is 2. The monoisotopic (exact) mass is 309 g/mol. The van der Waals surface area contributed by atoms with E-state index in [1.165, 1.54) is 6.20 Å². The van der Waals surface area contributed by atoms with Crippen molar-refractivity contribution in [1.29, 1.82) is 0 Å². The van der Waals surface area contributed by atoms with Crippen molar-refractivity contribution in [3.8, 4) is 0 Å². The van der Waals surface area contributed by atoms with E-state index in [2.05, 4.69) is 10.3 Å². The first-order chi connectivity index (χ1) is 10.1. The Kier molecular flexibility index (Phi) is 3.95. The molecule has 0 unspecified atom stereocenters. The number of aliphatic carboxylic acids is 1. The maximum atomic E-state index is 12.4. The zero-order valence-electron chi connectivity index (χ0n) is 12.9. The summed E-state index contributed by atoms with van der Waals surface area (Å²) >= 11 is 0. The Bertz CT molecular complexity index is 674. The molecule has 2 atom stereocenters. The van der Waals surface area contributed by atoms with Crippen LogP contribution in [0.15, 0.2) is 11.0 Å². The summed E-state index contributed by atoms with van der Waals surface area (Å²) in [5.41, 5.74) is -1.39. The molecule has 0 saturated heterocycles. The highest BCUT2D eigenvalue weighted by atomic mass is 16.6. The SMILES string of the molecule is C[C@H]1C[C@@H](C(=O)O)n2c1ncc(NC(=O)OC(C)(C)C)c2=O. The zero-order chi connectivity index (χ0) is 16.7. The van der Waals surface area contributed by atoms with Crippen molar-refractivity contribution in [2.24, 2.45) is 0 Å². The fourth-order valence-corrected chi connectivity index (χ4v) is 2.40. The molecule has 1 aromatic rings. The highest BCUT2D eigenvalue weighted by Gasteiger charge is 2.35. The summed E-state index contributed by atoms with van der Waals surface area (Å²) in [6.07, 6.45) is 0.747. The lowest BCUT2D eigenvalue weighted by atomic mass is 10.1. The number of nitrogens with zero attached hydrogens (tertiary/aromatic N) is 2. The Morgan fingerprint density at radius 2 is 2.09 bits per heavy atom. The molecule has 0 aromatic carbocycles. The fourth-order valence-electron chi connectivity index (χ4n) is 2.40. The Labute approximate surface area is 127 Å². The zero-order valence-corrected chi connectivity index (χ0v) is 12.9. The first kappa shape index (κ1) is 16.0. The number of carboxylic acids is 1. The summed E-state index contributed by atoms with van der Waals surface area (Å²) < 4.78 is 6.19. The molecule has 0 saturated carbocycles. The highest BCUT2D eigenvalue weighted by Crippen LogP contribution is 2.33. The van der Waals surface area contributed by atoms with Crippen LogP contribution < -0.4 is 10.9 Å². The van der Waals surface area contributed by atoms with Crippen LogP contribution in [0.25, 0.3) is 0 Å². The molecule has 2 heterocycles. The molecule has 120 valence electrons. The van der Waals surface area contributed by atoms with Crippen molar-refractivity contribution in [3.05, 3.63) is 22.4 Å². The number of nitrogens with one attached hydrogen (secondary N) is 1. The lowest BCUT2D eigenvalue weighted by Crippen LogP contribution is -2.33. The van der Waals surface area contributed by atoms with Crippen LogP contribution in [0, 0.1) is 0 Å². The topological polar surface area (TPSA) is 111 Å². The second-order valence-electron chi connectivity index (χ2n) is 6.32. The van der Waals surface area contributed by atoms with Gasteiger partial charge in [-0.25, -0.2) is 14.6 Å². The van der Waals surface area contributed by atoms with Crippen molar-refractivity contribution >= 4 is 17.7 Å². The third-order valence-electron chi connectivity index (χ3n) is 3.27. The number of fused-ring (bicyclic) bond motifs is 1. The van der Waals surface area contributed by atoms with E-state index in [4.69, 9.17) is 4.74 Å². The molecule has 0 fully saturated rings. The van der Waals surface area contributed by atoms with Gasteiger partial charge in [-0.15, -0.1) is 0 Å². The van der Waals surface area contributed by atoms with Gasteiger partial charge < -0.3 is 9.84 Å². The molecule has 8 nitrogen and oxygen atoms in total. The first-order valence-electron chi connectivity index (χ1n) is 6.94. The third-order valence-corrected chi connectivity index (χ3v) is 3.27. The summed E-state index contributed by atoms with van der Waals surface area (Å²) in [5.74, 6) is -0.819. The second kappa shape index (κ2) is 5.43. The Hall–Kier alpha value is -2.38. The second-order valence-corrected chi connectivity index (χ2v) is 6.32. The van der Waals surface area contributed by atoms with E-state index in [0.717, 1.165) is 4.57 Å². The van der Waals surface area contributed by atoms with Crippen molar-refractivity contribution in [3.63, 3.8) is 0 Å². The number of anilines is 1. The molecule has 1 aliphatic heterocycles. The van der Waals surface area contributed by atoms with Gasteiger partial charge in [0.15, 0.2) is 0 Å². The van der Waals surface area contributed by atoms with Crippen LogP contribution in [0.2, 0.25) is 0 Å². The van der Waals surface area contributed by atoms with Gasteiger partial charge in [-0.05, 0) is 27.2 Å². The van der Waals surface area contributed by atoms with E-state index in [0.29, 0.717) is 12.2 Å². The molecule has 0 radical (unpaired) electrons. The lowest BCUT2D eigenvalue weighted by Gasteiger charge is -2.19. The largest absolute Gasteiger partial charge is 0.480 e. The molecule has 0 bridgehead atoms. The van der Waals surface area contributed by atoms with Crippen LogP contribution in [0.5, 0.6) is 0 Å². The van der Waals surface area contributed by atoms with Gasteiger partial charge in [0.25, 0.3) is 5.56 Å². The molecule has 1 amide bonds. The van der Waals surface area contributed by atoms with Crippen LogP contribution >= 0.6 is 0 Å². The maximum Gasteiger partial charge on any atom is 0.412 e. The summed E-state index contributed by atoms with van der Waals surface area (Å²) in [6, 6.07) is -0.967. The lowest BCUT2D eigenvalue weighted by molar-refractivity contribution is -0.140. The van der Waals surface area contributed by atoms with Gasteiger partial charge in [0.2, 0.25) is 0 Å². The van der Waals surface area contributed by atoms with Gasteiger partial charge in [0.1, 0.15) is 23.2 Å². The summed E-state index contributed by atoms with van der Waals surface area (Å²) in [6.45, 7) is 6.90. The van der Waals surface area contributed by atoms with Gasteiger partial charge in [-0.3, -0.25) is 14.7 Å². The number of carbonyl (C=O) groups excluding carboxylic acids is 1. The van der Waals surface area contributed by atoms with Crippen LogP contribution in [0.4, 0.5) is 10.5 Å². The molecular formula is C14H19N3O5. The number of aromatic nitrogens is 2. The van der Waals surface area contributed by atoms with Crippen molar-refractivity contribution in [2.75, 3.05) is 5.32 Å². The van der Waals surface area contributed by atoms with Gasteiger partial charge in [0, 0.05) is 5.92 Å². The minimum absolute atomic E-state index is 0.0987. The fraction of sp³-hybridized carbons (Fsp3) is 0.571. The quantitative estimate of drug-likeness (QED) is 0.860. The number of rotatable bonds is 2. The smallest absolute Gasteiger partial charge is 0.412 e. The molecule has 22 heavy (non-hydrogen) atoms. The summed E-state index contributed by atoms with van der Waals surface area (Å²) in [5, 5.41) is 11.5. The highest BCUT2D eigenvalue weighted by molar-refractivity contribution is 5.84. The van der Waals surface area contributed by atoms with Gasteiger partial charge in [-0.1, -0.05) is 6.92 Å². The normalized spacial score (nSPS) is 20.4. The Morgan fingerprint density at radius 1 is 1.45 bits per heavy atom. The van der Waals surface area contributed by atoms with Crippen molar-refractivity contribution in [2.45, 2.75) is 51.7 Å². The van der Waals surface area contributed by atoms with Crippen molar-refractivity contribution < 1.29 is 19.4 Å². The summed E-state index contributed by atoms with van der Waals surface area (Å²) in [7, 11) is 0. The summed E-state index contributed by atoms with van der Waals surface area (Å²) in [4.78, 5) is 39.5. The molecule has 1 aromatic heterocycles. The predicted molar refractivity (Wildman–Crippen MR) is 78.1 cm³/mol. The van der Waals surface area contributed by atoms with Gasteiger partial charge >= 0.3 is 12.1 Å². The third kappa shape index (κ3) is 3.10. The van der Waals surface area contributed by atoms with E-state index in [1.54, 1.807) is 20.8 Å². The number of amides is 1.